The van der Waals surface area contributed by atoms with Gasteiger partial charge in [0.25, 0.3) is 0 Å². The fraction of sp³-hybridized carbons (Fsp3) is 0.615. The van der Waals surface area contributed by atoms with E-state index < -0.39 is 0 Å². The van der Waals surface area contributed by atoms with Crippen LogP contribution in [0.3, 0.4) is 0 Å². The lowest BCUT2D eigenvalue weighted by Gasteiger charge is -2.09. The highest BCUT2D eigenvalue weighted by Crippen LogP contribution is 2.04. The highest BCUT2D eigenvalue weighted by Gasteiger charge is 2.04. The first-order valence-electron chi connectivity index (χ1n) is 5.85. The Morgan fingerprint density at radius 1 is 1.44 bits per heavy atom. The molecule has 1 rings (SSSR count). The van der Waals surface area contributed by atoms with E-state index in [4.69, 9.17) is 4.74 Å². The Morgan fingerprint density at radius 2 is 2.19 bits per heavy atom. The van der Waals surface area contributed by atoms with Crippen molar-refractivity contribution in [3.8, 4) is 0 Å². The van der Waals surface area contributed by atoms with E-state index in [0.29, 0.717) is 12.5 Å². The second-order valence-corrected chi connectivity index (χ2v) is 4.44. The van der Waals surface area contributed by atoms with Crippen LogP contribution in [0.4, 0.5) is 0 Å². The summed E-state index contributed by atoms with van der Waals surface area (Å²) in [4.78, 5) is 11.2. The quantitative estimate of drug-likeness (QED) is 0.525. The topological polar surface area (TPSA) is 31.2 Å². The van der Waals surface area contributed by atoms with Crippen molar-refractivity contribution in [1.29, 1.82) is 0 Å². The van der Waals surface area contributed by atoms with Gasteiger partial charge in [0, 0.05) is 26.3 Å². The van der Waals surface area contributed by atoms with Crippen molar-refractivity contribution in [2.24, 2.45) is 5.92 Å². The molecule has 0 fully saturated rings. The molecule has 0 N–H and O–H groups in total. The number of nitrogens with zero attached hydrogens (tertiary/aromatic N) is 1. The van der Waals surface area contributed by atoms with Gasteiger partial charge in [-0.15, -0.1) is 0 Å². The average molecular weight is 223 g/mol. The van der Waals surface area contributed by atoms with Crippen LogP contribution in [0, 0.1) is 5.92 Å². The van der Waals surface area contributed by atoms with Crippen LogP contribution in [0.25, 0.3) is 0 Å². The van der Waals surface area contributed by atoms with Crippen LogP contribution in [-0.4, -0.2) is 23.6 Å². The molecule has 1 aromatic rings. The van der Waals surface area contributed by atoms with E-state index >= 15 is 0 Å². The molecule has 0 radical (unpaired) electrons. The summed E-state index contributed by atoms with van der Waals surface area (Å²) in [6, 6.07) is 3.74. The first-order chi connectivity index (χ1) is 7.61. The van der Waals surface area contributed by atoms with Gasteiger partial charge in [0.2, 0.25) is 0 Å². The summed E-state index contributed by atoms with van der Waals surface area (Å²) >= 11 is 0. The first-order valence-corrected chi connectivity index (χ1v) is 5.85. The Labute approximate surface area is 97.4 Å². The van der Waals surface area contributed by atoms with Gasteiger partial charge >= 0.3 is 0 Å². The number of ketones is 1. The molecule has 90 valence electrons. The van der Waals surface area contributed by atoms with E-state index in [1.165, 1.54) is 0 Å². The molecule has 0 aliphatic heterocycles. The largest absolute Gasteiger partial charge is 0.380 e. The van der Waals surface area contributed by atoms with Gasteiger partial charge in [-0.1, -0.05) is 13.8 Å². The predicted molar refractivity (Wildman–Crippen MR) is 64.7 cm³/mol. The molecule has 0 saturated carbocycles. The van der Waals surface area contributed by atoms with Crippen LogP contribution in [-0.2, 0) is 11.3 Å². The number of hydrogen-bond donors (Lipinski definition) is 0. The number of hydrogen-bond acceptors (Lipinski definition) is 2. The Hall–Kier alpha value is -1.09. The van der Waals surface area contributed by atoms with E-state index in [9.17, 15) is 4.79 Å². The summed E-state index contributed by atoms with van der Waals surface area (Å²) in [5.41, 5.74) is 0.757. The average Bonchev–Trinajstić information content (AvgIpc) is 2.65. The third-order valence-corrected chi connectivity index (χ3v) is 2.51. The predicted octanol–water partition coefficient (Wildman–Crippen LogP) is 2.75. The number of Topliss-reactive ketones (excluding diaryl/α,β-unsaturated/α-hetero) is 1. The minimum atomic E-state index is 0.104. The van der Waals surface area contributed by atoms with Gasteiger partial charge in [-0.3, -0.25) is 4.79 Å². The van der Waals surface area contributed by atoms with E-state index in [0.717, 1.165) is 25.3 Å². The van der Waals surface area contributed by atoms with E-state index in [-0.39, 0.29) is 5.78 Å². The monoisotopic (exact) mass is 223 g/mol. The molecule has 0 bridgehead atoms. The summed E-state index contributed by atoms with van der Waals surface area (Å²) in [5.74, 6) is 0.784. The highest BCUT2D eigenvalue weighted by atomic mass is 16.5. The van der Waals surface area contributed by atoms with Gasteiger partial charge in [-0.2, -0.15) is 0 Å². The maximum absolute atomic E-state index is 11.2. The molecular weight excluding hydrogens is 202 g/mol. The van der Waals surface area contributed by atoms with Crippen molar-refractivity contribution in [2.45, 2.75) is 33.7 Å². The molecule has 0 unspecified atom stereocenters. The number of carbonyl (C=O) groups excluding carboxylic acids is 1. The smallest absolute Gasteiger partial charge is 0.176 e. The van der Waals surface area contributed by atoms with Gasteiger partial charge in [0.1, 0.15) is 0 Å². The fourth-order valence-electron chi connectivity index (χ4n) is 1.51. The maximum Gasteiger partial charge on any atom is 0.176 e. The molecule has 16 heavy (non-hydrogen) atoms. The molecule has 0 spiro atoms. The van der Waals surface area contributed by atoms with Gasteiger partial charge in [-0.25, -0.2) is 0 Å². The molecule has 0 atom stereocenters. The van der Waals surface area contributed by atoms with Crippen LogP contribution in [0.2, 0.25) is 0 Å². The van der Waals surface area contributed by atoms with Crippen molar-refractivity contribution < 1.29 is 9.53 Å². The zero-order chi connectivity index (χ0) is 12.0. The van der Waals surface area contributed by atoms with Gasteiger partial charge in [0.15, 0.2) is 5.78 Å². The van der Waals surface area contributed by atoms with E-state index in [1.807, 2.05) is 22.9 Å². The van der Waals surface area contributed by atoms with Crippen molar-refractivity contribution in [1.82, 2.24) is 4.57 Å². The van der Waals surface area contributed by atoms with Crippen LogP contribution < -0.4 is 0 Å². The van der Waals surface area contributed by atoms with Gasteiger partial charge in [-0.05, 0) is 24.5 Å². The maximum atomic E-state index is 11.2. The molecule has 0 aliphatic rings. The molecule has 3 nitrogen and oxygen atoms in total. The lowest BCUT2D eigenvalue weighted by atomic mass is 10.1. The Balaban J connectivity index is 2.27. The van der Waals surface area contributed by atoms with Crippen LogP contribution >= 0.6 is 0 Å². The second-order valence-electron chi connectivity index (χ2n) is 4.44. The molecule has 0 aromatic carbocycles. The third kappa shape index (κ3) is 4.19. The minimum absolute atomic E-state index is 0.104. The van der Waals surface area contributed by atoms with Gasteiger partial charge in [0.05, 0.1) is 12.3 Å². The van der Waals surface area contributed by atoms with Crippen molar-refractivity contribution in [2.75, 3.05) is 13.2 Å². The second kappa shape index (κ2) is 6.48. The number of carbonyl (C=O) groups is 1. The van der Waals surface area contributed by atoms with Crippen LogP contribution in [0.1, 0.15) is 37.7 Å². The van der Waals surface area contributed by atoms with Crippen molar-refractivity contribution in [3.05, 3.63) is 24.0 Å². The molecular formula is C13H21NO2. The SMILES string of the molecule is CC(=O)c1cccn1CCOCCC(C)C. The summed E-state index contributed by atoms with van der Waals surface area (Å²) < 4.78 is 7.46. The minimum Gasteiger partial charge on any atom is -0.380 e. The van der Waals surface area contributed by atoms with E-state index in [2.05, 4.69) is 13.8 Å². The third-order valence-electron chi connectivity index (χ3n) is 2.51. The van der Waals surface area contributed by atoms with Crippen molar-refractivity contribution >= 4 is 5.78 Å². The van der Waals surface area contributed by atoms with Gasteiger partial charge < -0.3 is 9.30 Å². The molecule has 0 saturated heterocycles. The summed E-state index contributed by atoms with van der Waals surface area (Å²) in [7, 11) is 0. The molecule has 3 heteroatoms. The summed E-state index contributed by atoms with van der Waals surface area (Å²) in [6.45, 7) is 8.17. The zero-order valence-corrected chi connectivity index (χ0v) is 10.4. The zero-order valence-electron chi connectivity index (χ0n) is 10.4. The standard InChI is InChI=1S/C13H21NO2/c1-11(2)6-9-16-10-8-14-7-4-5-13(14)12(3)15/h4-5,7,11H,6,8-10H2,1-3H3. The van der Waals surface area contributed by atoms with Crippen LogP contribution in [0.5, 0.6) is 0 Å². The molecule has 1 heterocycles. The highest BCUT2D eigenvalue weighted by molar-refractivity contribution is 5.92. The lowest BCUT2D eigenvalue weighted by Crippen LogP contribution is -2.11. The summed E-state index contributed by atoms with van der Waals surface area (Å²) in [6.07, 6.45) is 3.01. The Morgan fingerprint density at radius 3 is 2.81 bits per heavy atom. The Kier molecular flexibility index (Phi) is 5.26. The first kappa shape index (κ1) is 13.0. The summed E-state index contributed by atoms with van der Waals surface area (Å²) in [5, 5.41) is 0. The lowest BCUT2D eigenvalue weighted by molar-refractivity contribution is 0.0991. The fourth-order valence-corrected chi connectivity index (χ4v) is 1.51. The number of rotatable bonds is 7. The molecule has 0 amide bonds. The van der Waals surface area contributed by atoms with E-state index in [1.54, 1.807) is 6.92 Å². The van der Waals surface area contributed by atoms with Crippen molar-refractivity contribution in [3.63, 3.8) is 0 Å². The molecule has 1 aromatic heterocycles. The Bertz CT molecular complexity index is 328. The number of aromatic nitrogens is 1. The van der Waals surface area contributed by atoms with Crippen LogP contribution in [0.15, 0.2) is 18.3 Å². The normalized spacial score (nSPS) is 11.0. The number of ether oxygens (including phenoxy) is 1. The molecule has 0 aliphatic carbocycles.